The molecule has 0 aromatic heterocycles. The number of unbranched alkanes of at least 4 members (excludes halogenated alkanes) is 3. The Bertz CT molecular complexity index is 672. The molecule has 2 aliphatic rings. The minimum atomic E-state index is -0.797. The predicted octanol–water partition coefficient (Wildman–Crippen LogP) is 9.44. The number of ether oxygens (including phenoxy) is 1. The fraction of sp³-hybridized carbons (Fsp3) is 0.793. The Morgan fingerprint density at radius 2 is 1.44 bits per heavy atom. The van der Waals surface area contributed by atoms with Gasteiger partial charge < -0.3 is 4.74 Å². The molecule has 2 saturated carbocycles. The van der Waals surface area contributed by atoms with Crippen molar-refractivity contribution in [3.05, 3.63) is 29.3 Å². The first-order chi connectivity index (χ1) is 15.5. The molecule has 0 radical (unpaired) electrons. The maximum absolute atomic E-state index is 14.8. The van der Waals surface area contributed by atoms with E-state index in [1.54, 1.807) is 12.1 Å². The Kier molecular flexibility index (Phi) is 10.3. The van der Waals surface area contributed by atoms with Crippen LogP contribution in [0.25, 0.3) is 0 Å². The molecule has 0 bridgehead atoms. The van der Waals surface area contributed by atoms with Gasteiger partial charge in [-0.2, -0.15) is 4.39 Å². The summed E-state index contributed by atoms with van der Waals surface area (Å²) < 4.78 is 34.9. The predicted molar refractivity (Wildman–Crippen MR) is 130 cm³/mol. The first kappa shape index (κ1) is 25.5. The summed E-state index contributed by atoms with van der Waals surface area (Å²) in [6.45, 7) is 7.32. The molecule has 32 heavy (non-hydrogen) atoms. The molecule has 2 aliphatic carbocycles. The maximum Gasteiger partial charge on any atom is 0.200 e. The molecule has 2 fully saturated rings. The average Bonchev–Trinajstić information content (AvgIpc) is 2.83. The van der Waals surface area contributed by atoms with Crippen LogP contribution in [0.2, 0.25) is 0 Å². The Morgan fingerprint density at radius 1 is 0.812 bits per heavy atom. The molecule has 182 valence electrons. The average molecular weight is 449 g/mol. The Labute approximate surface area is 195 Å². The summed E-state index contributed by atoms with van der Waals surface area (Å²) in [5, 5.41) is 0. The first-order valence-electron chi connectivity index (χ1n) is 13.7. The summed E-state index contributed by atoms with van der Waals surface area (Å²) in [5.41, 5.74) is 0.561. The molecule has 0 heterocycles. The lowest BCUT2D eigenvalue weighted by Gasteiger charge is -2.39. The third kappa shape index (κ3) is 6.70. The van der Waals surface area contributed by atoms with E-state index in [-0.39, 0.29) is 11.7 Å². The van der Waals surface area contributed by atoms with Gasteiger partial charge in [-0.05, 0) is 86.2 Å². The van der Waals surface area contributed by atoms with Gasteiger partial charge in [0.15, 0.2) is 11.6 Å². The highest BCUT2D eigenvalue weighted by Crippen LogP contribution is 2.45. The van der Waals surface area contributed by atoms with Gasteiger partial charge >= 0.3 is 0 Å². The van der Waals surface area contributed by atoms with E-state index < -0.39 is 11.6 Å². The van der Waals surface area contributed by atoms with Crippen LogP contribution < -0.4 is 4.74 Å². The molecule has 3 rings (SSSR count). The summed E-state index contributed by atoms with van der Waals surface area (Å²) in [6, 6.07) is 3.42. The minimum absolute atomic E-state index is 0.0687. The molecule has 0 N–H and O–H groups in total. The lowest BCUT2D eigenvalue weighted by Crippen LogP contribution is -2.28. The molecule has 1 nitrogen and oxygen atoms in total. The topological polar surface area (TPSA) is 9.23 Å². The molecule has 1 aromatic carbocycles. The molecular formula is C29H46F2O. The molecule has 1 atom stereocenters. The van der Waals surface area contributed by atoms with E-state index in [4.69, 9.17) is 4.74 Å². The number of hydrogen-bond donors (Lipinski definition) is 0. The first-order valence-corrected chi connectivity index (χ1v) is 13.7. The second-order valence-corrected chi connectivity index (χ2v) is 10.7. The van der Waals surface area contributed by atoms with Crippen molar-refractivity contribution in [2.24, 2.45) is 23.7 Å². The second kappa shape index (κ2) is 12.9. The fourth-order valence-electron chi connectivity index (χ4n) is 6.34. The van der Waals surface area contributed by atoms with Crippen LogP contribution in [0.4, 0.5) is 8.78 Å². The van der Waals surface area contributed by atoms with Gasteiger partial charge in [-0.3, -0.25) is 0 Å². The lowest BCUT2D eigenvalue weighted by atomic mass is 9.66. The van der Waals surface area contributed by atoms with Gasteiger partial charge in [0.05, 0.1) is 6.61 Å². The molecular weight excluding hydrogens is 402 g/mol. The van der Waals surface area contributed by atoms with E-state index in [9.17, 15) is 8.78 Å². The van der Waals surface area contributed by atoms with E-state index >= 15 is 0 Å². The smallest absolute Gasteiger partial charge is 0.200 e. The largest absolute Gasteiger partial charge is 0.490 e. The van der Waals surface area contributed by atoms with Crippen LogP contribution in [0.5, 0.6) is 5.75 Å². The van der Waals surface area contributed by atoms with E-state index in [2.05, 4.69) is 20.8 Å². The van der Waals surface area contributed by atoms with Crippen LogP contribution in [0, 0.1) is 35.3 Å². The van der Waals surface area contributed by atoms with Crippen molar-refractivity contribution < 1.29 is 13.5 Å². The maximum atomic E-state index is 14.8. The van der Waals surface area contributed by atoms with E-state index in [1.165, 1.54) is 44.9 Å². The lowest BCUT2D eigenvalue weighted by molar-refractivity contribution is 0.131. The third-order valence-electron chi connectivity index (χ3n) is 8.64. The van der Waals surface area contributed by atoms with Crippen molar-refractivity contribution in [1.82, 2.24) is 0 Å². The van der Waals surface area contributed by atoms with Crippen molar-refractivity contribution in [2.45, 2.75) is 117 Å². The van der Waals surface area contributed by atoms with Crippen LogP contribution in [0.1, 0.15) is 122 Å². The number of halogens is 2. The van der Waals surface area contributed by atoms with Crippen LogP contribution in [0.3, 0.4) is 0 Å². The zero-order valence-corrected chi connectivity index (χ0v) is 20.8. The van der Waals surface area contributed by atoms with Gasteiger partial charge in [0.1, 0.15) is 0 Å². The monoisotopic (exact) mass is 448 g/mol. The molecule has 0 spiro atoms. The highest BCUT2D eigenvalue weighted by molar-refractivity contribution is 5.33. The van der Waals surface area contributed by atoms with E-state index in [1.807, 2.05) is 0 Å². The zero-order valence-electron chi connectivity index (χ0n) is 20.8. The summed E-state index contributed by atoms with van der Waals surface area (Å²) >= 11 is 0. The highest BCUT2D eigenvalue weighted by atomic mass is 19.2. The summed E-state index contributed by atoms with van der Waals surface area (Å²) in [4.78, 5) is 0. The third-order valence-corrected chi connectivity index (χ3v) is 8.64. The summed E-state index contributed by atoms with van der Waals surface area (Å²) in [6.07, 6.45) is 17.0. The molecule has 1 unspecified atom stereocenters. The van der Waals surface area contributed by atoms with E-state index in [0.717, 1.165) is 68.6 Å². The Hall–Kier alpha value is -1.12. The second-order valence-electron chi connectivity index (χ2n) is 10.7. The standard InChI is InChI=1S/C29H46F2O/c1-4-6-8-20-32-27-19-18-26(28(30)29(27)31)25-16-14-24(15-17-25)21(3)23-12-10-22(11-13-23)9-7-5-2/h18-19,21-25H,4-17,20H2,1-3H3/t21?,22?,23?,24-,25-. The SMILES string of the molecule is CCCCCOc1ccc([C@H]2CC[C@H](C(C)C3CCC(CCCC)CC3)CC2)c(F)c1F. The van der Waals surface area contributed by atoms with Gasteiger partial charge in [-0.1, -0.05) is 71.8 Å². The zero-order chi connectivity index (χ0) is 22.9. The van der Waals surface area contributed by atoms with Gasteiger partial charge in [0.25, 0.3) is 0 Å². The quantitative estimate of drug-likeness (QED) is 0.306. The Morgan fingerprint density at radius 3 is 2.06 bits per heavy atom. The molecule has 1 aromatic rings. The van der Waals surface area contributed by atoms with Crippen LogP contribution in [-0.2, 0) is 0 Å². The number of hydrogen-bond acceptors (Lipinski definition) is 1. The van der Waals surface area contributed by atoms with Gasteiger partial charge in [-0.15, -0.1) is 0 Å². The molecule has 0 saturated heterocycles. The molecule has 3 heteroatoms. The molecule has 0 amide bonds. The Balaban J connectivity index is 1.48. The fourth-order valence-corrected chi connectivity index (χ4v) is 6.34. The van der Waals surface area contributed by atoms with E-state index in [0.29, 0.717) is 12.2 Å². The summed E-state index contributed by atoms with van der Waals surface area (Å²) in [5.74, 6) is 2.08. The van der Waals surface area contributed by atoms with Crippen molar-refractivity contribution in [1.29, 1.82) is 0 Å². The van der Waals surface area contributed by atoms with Crippen LogP contribution in [-0.4, -0.2) is 6.61 Å². The van der Waals surface area contributed by atoms with Crippen molar-refractivity contribution in [2.75, 3.05) is 6.61 Å². The van der Waals surface area contributed by atoms with Crippen LogP contribution >= 0.6 is 0 Å². The van der Waals surface area contributed by atoms with Crippen LogP contribution in [0.15, 0.2) is 12.1 Å². The van der Waals surface area contributed by atoms with Gasteiger partial charge in [0.2, 0.25) is 5.82 Å². The highest BCUT2D eigenvalue weighted by Gasteiger charge is 2.33. The minimum Gasteiger partial charge on any atom is -0.490 e. The van der Waals surface area contributed by atoms with Crippen molar-refractivity contribution in [3.63, 3.8) is 0 Å². The summed E-state index contributed by atoms with van der Waals surface area (Å²) in [7, 11) is 0. The van der Waals surface area contributed by atoms with Gasteiger partial charge in [0, 0.05) is 0 Å². The van der Waals surface area contributed by atoms with Gasteiger partial charge in [-0.25, -0.2) is 4.39 Å². The normalized spacial score (nSPS) is 27.3. The number of rotatable bonds is 11. The molecule has 0 aliphatic heterocycles. The number of benzene rings is 1. The van der Waals surface area contributed by atoms with Crippen molar-refractivity contribution in [3.8, 4) is 5.75 Å². The van der Waals surface area contributed by atoms with Crippen molar-refractivity contribution >= 4 is 0 Å².